The highest BCUT2D eigenvalue weighted by molar-refractivity contribution is 7.92. The second kappa shape index (κ2) is 12.5. The first-order valence-electron chi connectivity index (χ1n) is 11.8. The minimum Gasteiger partial charge on any atom is -0.492 e. The van der Waals surface area contributed by atoms with Gasteiger partial charge < -0.3 is 15.0 Å². The van der Waals surface area contributed by atoms with E-state index in [0.29, 0.717) is 29.4 Å². The predicted molar refractivity (Wildman–Crippen MR) is 144 cm³/mol. The number of sulfonamides is 1. The normalized spacial score (nSPS) is 12.5. The molecule has 0 spiro atoms. The number of carbonyl (C=O) groups excluding carboxylic acids is 2. The van der Waals surface area contributed by atoms with Crippen molar-refractivity contribution in [1.82, 2.24) is 10.2 Å². The summed E-state index contributed by atoms with van der Waals surface area (Å²) in [6, 6.07) is 12.8. The Hall–Kier alpha value is -2.78. The number of hydrogen-bond acceptors (Lipinski definition) is 5. The monoisotopic (exact) mass is 537 g/mol. The SMILES string of the molecule is CCOc1ccccc1N(CC(=O)N(Cc1ccccc1Cl)C(CC)C(=O)NC(C)(C)C)S(C)(=O)=O. The van der Waals surface area contributed by atoms with Crippen LogP contribution in [0.5, 0.6) is 5.75 Å². The summed E-state index contributed by atoms with van der Waals surface area (Å²) in [7, 11) is -3.87. The summed E-state index contributed by atoms with van der Waals surface area (Å²) >= 11 is 6.38. The molecule has 0 aromatic heterocycles. The van der Waals surface area contributed by atoms with Gasteiger partial charge in [-0.1, -0.05) is 48.9 Å². The third kappa shape index (κ3) is 8.13. The van der Waals surface area contributed by atoms with Gasteiger partial charge in [0.25, 0.3) is 0 Å². The van der Waals surface area contributed by atoms with Crippen molar-refractivity contribution in [2.45, 2.75) is 59.2 Å². The van der Waals surface area contributed by atoms with Crippen molar-refractivity contribution in [1.29, 1.82) is 0 Å². The van der Waals surface area contributed by atoms with Crippen molar-refractivity contribution >= 4 is 39.1 Å². The van der Waals surface area contributed by atoms with E-state index in [9.17, 15) is 18.0 Å². The molecule has 1 atom stereocenters. The summed E-state index contributed by atoms with van der Waals surface area (Å²) in [4.78, 5) is 28.4. The van der Waals surface area contributed by atoms with E-state index in [1.807, 2.05) is 20.8 Å². The van der Waals surface area contributed by atoms with Gasteiger partial charge in [0.2, 0.25) is 21.8 Å². The van der Waals surface area contributed by atoms with Crippen LogP contribution in [-0.4, -0.2) is 56.1 Å². The number of halogens is 1. The average Bonchev–Trinajstić information content (AvgIpc) is 2.77. The van der Waals surface area contributed by atoms with Gasteiger partial charge in [-0.25, -0.2) is 8.42 Å². The molecule has 2 amide bonds. The fourth-order valence-corrected chi connectivity index (χ4v) is 4.77. The zero-order valence-electron chi connectivity index (χ0n) is 21.7. The second-order valence-corrected chi connectivity index (χ2v) is 11.8. The molecule has 0 heterocycles. The highest BCUT2D eigenvalue weighted by Gasteiger charge is 2.34. The molecule has 1 N–H and O–H groups in total. The van der Waals surface area contributed by atoms with Gasteiger partial charge in [0.1, 0.15) is 18.3 Å². The molecule has 0 radical (unpaired) electrons. The van der Waals surface area contributed by atoms with Crippen molar-refractivity contribution in [3.63, 3.8) is 0 Å². The number of benzene rings is 2. The first-order chi connectivity index (χ1) is 16.8. The van der Waals surface area contributed by atoms with E-state index < -0.39 is 34.1 Å². The Morgan fingerprint density at radius 1 is 1.06 bits per heavy atom. The minimum atomic E-state index is -3.87. The van der Waals surface area contributed by atoms with Crippen LogP contribution in [0.3, 0.4) is 0 Å². The van der Waals surface area contributed by atoms with E-state index >= 15 is 0 Å². The molecule has 198 valence electrons. The van der Waals surface area contributed by atoms with Gasteiger partial charge in [0.05, 0.1) is 18.6 Å². The molecule has 1 unspecified atom stereocenters. The van der Waals surface area contributed by atoms with Gasteiger partial charge in [-0.05, 0) is 57.9 Å². The van der Waals surface area contributed by atoms with Gasteiger partial charge >= 0.3 is 0 Å². The number of carbonyl (C=O) groups is 2. The predicted octanol–water partition coefficient (Wildman–Crippen LogP) is 4.23. The maximum absolute atomic E-state index is 13.8. The summed E-state index contributed by atoms with van der Waals surface area (Å²) < 4.78 is 32.3. The third-order valence-electron chi connectivity index (χ3n) is 5.30. The topological polar surface area (TPSA) is 96.0 Å². The van der Waals surface area contributed by atoms with Gasteiger partial charge in [-0.3, -0.25) is 13.9 Å². The lowest BCUT2D eigenvalue weighted by atomic mass is 10.1. The molecule has 0 bridgehead atoms. The van der Waals surface area contributed by atoms with Crippen LogP contribution in [0.2, 0.25) is 5.02 Å². The number of rotatable bonds is 11. The maximum Gasteiger partial charge on any atom is 0.244 e. The fourth-order valence-electron chi connectivity index (χ4n) is 3.72. The van der Waals surface area contributed by atoms with Gasteiger partial charge in [-0.2, -0.15) is 0 Å². The Bertz CT molecular complexity index is 1160. The highest BCUT2D eigenvalue weighted by atomic mass is 35.5. The molecule has 0 fully saturated rings. The van der Waals surface area contributed by atoms with Crippen molar-refractivity contribution in [2.75, 3.05) is 23.7 Å². The standard InChI is InChI=1S/C26H36ClN3O5S/c1-7-21(25(32)28-26(3,4)5)29(17-19-13-9-10-14-20(19)27)24(31)18-30(36(6,33)34)22-15-11-12-16-23(22)35-8-2/h9-16,21H,7-8,17-18H2,1-6H3,(H,28,32). The Labute approximate surface area is 219 Å². The van der Waals surface area contributed by atoms with Crippen molar-refractivity contribution in [3.8, 4) is 5.75 Å². The summed E-state index contributed by atoms with van der Waals surface area (Å²) in [5.41, 5.74) is 0.383. The van der Waals surface area contributed by atoms with E-state index in [2.05, 4.69) is 5.32 Å². The van der Waals surface area contributed by atoms with Crippen LogP contribution in [-0.2, 0) is 26.2 Å². The number of para-hydroxylation sites is 2. The molecule has 2 rings (SSSR count). The minimum absolute atomic E-state index is 0.0410. The third-order valence-corrected chi connectivity index (χ3v) is 6.79. The fraction of sp³-hybridized carbons (Fsp3) is 0.462. The second-order valence-electron chi connectivity index (χ2n) is 9.45. The zero-order valence-corrected chi connectivity index (χ0v) is 23.3. The maximum atomic E-state index is 13.8. The zero-order chi connectivity index (χ0) is 27.1. The van der Waals surface area contributed by atoms with E-state index in [4.69, 9.17) is 16.3 Å². The van der Waals surface area contributed by atoms with Crippen molar-refractivity contribution < 1.29 is 22.7 Å². The molecule has 2 aromatic carbocycles. The van der Waals surface area contributed by atoms with Crippen LogP contribution in [0.4, 0.5) is 5.69 Å². The molecule has 8 nitrogen and oxygen atoms in total. The lowest BCUT2D eigenvalue weighted by molar-refractivity contribution is -0.141. The largest absolute Gasteiger partial charge is 0.492 e. The van der Waals surface area contributed by atoms with E-state index in [1.165, 1.54) is 4.90 Å². The van der Waals surface area contributed by atoms with Crippen molar-refractivity contribution in [3.05, 3.63) is 59.1 Å². The van der Waals surface area contributed by atoms with Crippen molar-refractivity contribution in [2.24, 2.45) is 0 Å². The number of ether oxygens (including phenoxy) is 1. The molecule has 0 saturated heterocycles. The molecule has 2 aromatic rings. The molecule has 10 heteroatoms. The number of amides is 2. The number of nitrogens with zero attached hydrogens (tertiary/aromatic N) is 2. The van der Waals surface area contributed by atoms with Crippen LogP contribution in [0, 0.1) is 0 Å². The van der Waals surface area contributed by atoms with Gasteiger partial charge in [-0.15, -0.1) is 0 Å². The Morgan fingerprint density at radius 2 is 1.67 bits per heavy atom. The molecule has 0 aliphatic carbocycles. The van der Waals surface area contributed by atoms with Gasteiger partial charge in [0.15, 0.2) is 0 Å². The quantitative estimate of drug-likeness (QED) is 0.463. The van der Waals surface area contributed by atoms with Crippen LogP contribution in [0.1, 0.15) is 46.6 Å². The molecular formula is C26H36ClN3O5S. The molecule has 0 aliphatic rings. The Kier molecular flexibility index (Phi) is 10.2. The molecule has 0 saturated carbocycles. The lowest BCUT2D eigenvalue weighted by Gasteiger charge is -2.34. The summed E-state index contributed by atoms with van der Waals surface area (Å²) in [5.74, 6) is -0.526. The molecule has 0 aliphatic heterocycles. The van der Waals surface area contributed by atoms with Crippen LogP contribution < -0.4 is 14.4 Å². The molecule has 36 heavy (non-hydrogen) atoms. The number of nitrogens with one attached hydrogen (secondary N) is 1. The Morgan fingerprint density at radius 3 is 2.22 bits per heavy atom. The van der Waals surface area contributed by atoms with Crippen LogP contribution in [0.15, 0.2) is 48.5 Å². The summed E-state index contributed by atoms with van der Waals surface area (Å²) in [6.07, 6.45) is 1.36. The number of hydrogen-bond donors (Lipinski definition) is 1. The summed E-state index contributed by atoms with van der Waals surface area (Å²) in [6.45, 7) is 9.02. The molecular weight excluding hydrogens is 502 g/mol. The Balaban J connectivity index is 2.52. The van der Waals surface area contributed by atoms with Gasteiger partial charge in [0, 0.05) is 17.1 Å². The smallest absolute Gasteiger partial charge is 0.244 e. The van der Waals surface area contributed by atoms with Crippen LogP contribution >= 0.6 is 11.6 Å². The first kappa shape index (κ1) is 29.5. The lowest BCUT2D eigenvalue weighted by Crippen LogP contribution is -2.55. The first-order valence-corrected chi connectivity index (χ1v) is 14.1. The highest BCUT2D eigenvalue weighted by Crippen LogP contribution is 2.30. The van der Waals surface area contributed by atoms with Crippen LogP contribution in [0.25, 0.3) is 0 Å². The van der Waals surface area contributed by atoms with E-state index in [0.717, 1.165) is 10.6 Å². The summed E-state index contributed by atoms with van der Waals surface area (Å²) in [5, 5.41) is 3.38. The average molecular weight is 538 g/mol. The van der Waals surface area contributed by atoms with E-state index in [-0.39, 0.29) is 18.1 Å². The number of anilines is 1. The van der Waals surface area contributed by atoms with E-state index in [1.54, 1.807) is 62.4 Å².